The van der Waals surface area contributed by atoms with E-state index in [4.69, 9.17) is 11.0 Å². The average molecular weight is 287 g/mol. The number of carbonyl (C=O) groups is 1. The lowest BCUT2D eigenvalue weighted by atomic mass is 10.1. The minimum absolute atomic E-state index is 0.0842. The molecule has 0 unspecified atom stereocenters. The largest absolute Gasteiger partial charge is 0.397 e. The molecule has 1 heterocycles. The van der Waals surface area contributed by atoms with Crippen molar-refractivity contribution in [3.63, 3.8) is 0 Å². The third-order valence-electron chi connectivity index (χ3n) is 3.24. The minimum Gasteiger partial charge on any atom is -0.397 e. The summed E-state index contributed by atoms with van der Waals surface area (Å²) in [5.74, 6) is -0.0842. The molecule has 0 aliphatic heterocycles. The van der Waals surface area contributed by atoms with Gasteiger partial charge in [-0.3, -0.25) is 4.79 Å². The van der Waals surface area contributed by atoms with Gasteiger partial charge in [-0.15, -0.1) is 11.3 Å². The van der Waals surface area contributed by atoms with Gasteiger partial charge in [0.1, 0.15) is 4.88 Å². The molecule has 2 aromatic rings. The molecule has 1 aromatic carbocycles. The fourth-order valence-corrected chi connectivity index (χ4v) is 3.30. The minimum atomic E-state index is -0.0842. The van der Waals surface area contributed by atoms with Crippen LogP contribution in [0, 0.1) is 18.3 Å². The van der Waals surface area contributed by atoms with Crippen molar-refractivity contribution in [3.05, 3.63) is 28.6 Å². The van der Waals surface area contributed by atoms with Gasteiger partial charge in [-0.2, -0.15) is 5.26 Å². The highest BCUT2D eigenvalue weighted by molar-refractivity contribution is 7.21. The average Bonchev–Trinajstić information content (AvgIpc) is 2.76. The van der Waals surface area contributed by atoms with E-state index in [1.165, 1.54) is 11.3 Å². The number of aryl methyl sites for hydroxylation is 1. The summed E-state index contributed by atoms with van der Waals surface area (Å²) in [6, 6.07) is 8.06. The van der Waals surface area contributed by atoms with Crippen LogP contribution in [0.1, 0.15) is 28.6 Å². The van der Waals surface area contributed by atoms with Crippen LogP contribution in [0.5, 0.6) is 0 Å². The number of carbonyl (C=O) groups excluding carboxylic acids is 1. The van der Waals surface area contributed by atoms with Crippen molar-refractivity contribution in [1.29, 1.82) is 5.26 Å². The molecular weight excluding hydrogens is 270 g/mol. The van der Waals surface area contributed by atoms with Gasteiger partial charge in [0.2, 0.25) is 0 Å². The van der Waals surface area contributed by atoms with Gasteiger partial charge >= 0.3 is 0 Å². The molecule has 0 spiro atoms. The molecule has 0 bridgehead atoms. The third-order valence-corrected chi connectivity index (χ3v) is 4.40. The number of hydrogen-bond acceptors (Lipinski definition) is 4. The molecule has 2 rings (SSSR count). The van der Waals surface area contributed by atoms with Gasteiger partial charge in [0.05, 0.1) is 18.2 Å². The Morgan fingerprint density at radius 2 is 2.25 bits per heavy atom. The molecule has 0 aliphatic carbocycles. The van der Waals surface area contributed by atoms with E-state index in [1.54, 1.807) is 4.90 Å². The van der Waals surface area contributed by atoms with Crippen LogP contribution in [0.25, 0.3) is 10.1 Å². The van der Waals surface area contributed by atoms with E-state index < -0.39 is 0 Å². The Bertz CT molecular complexity index is 684. The van der Waals surface area contributed by atoms with Crippen LogP contribution in [-0.4, -0.2) is 23.9 Å². The van der Waals surface area contributed by atoms with Crippen LogP contribution in [0.3, 0.4) is 0 Å². The highest BCUT2D eigenvalue weighted by atomic mass is 32.1. The van der Waals surface area contributed by atoms with E-state index in [0.717, 1.165) is 15.6 Å². The Kier molecular flexibility index (Phi) is 4.26. The summed E-state index contributed by atoms with van der Waals surface area (Å²) in [5.41, 5.74) is 7.80. The Hall–Kier alpha value is -2.06. The van der Waals surface area contributed by atoms with Crippen molar-refractivity contribution in [1.82, 2.24) is 4.90 Å². The second-order valence-corrected chi connectivity index (χ2v) is 5.69. The number of benzene rings is 1. The fourth-order valence-electron chi connectivity index (χ4n) is 2.11. The maximum absolute atomic E-state index is 12.5. The summed E-state index contributed by atoms with van der Waals surface area (Å²) in [6.45, 7) is 4.94. The maximum Gasteiger partial charge on any atom is 0.266 e. The van der Waals surface area contributed by atoms with Gasteiger partial charge in [0.25, 0.3) is 5.91 Å². The van der Waals surface area contributed by atoms with Gasteiger partial charge in [-0.1, -0.05) is 12.1 Å². The normalized spacial score (nSPS) is 10.4. The van der Waals surface area contributed by atoms with Crippen molar-refractivity contribution in [2.24, 2.45) is 0 Å². The smallest absolute Gasteiger partial charge is 0.266 e. The van der Waals surface area contributed by atoms with E-state index in [-0.39, 0.29) is 5.91 Å². The number of thiophene rings is 1. The summed E-state index contributed by atoms with van der Waals surface area (Å²) in [6.07, 6.45) is 0.337. The van der Waals surface area contributed by atoms with Crippen molar-refractivity contribution >= 4 is 33.0 Å². The summed E-state index contributed by atoms with van der Waals surface area (Å²) in [7, 11) is 0. The molecule has 2 N–H and O–H groups in total. The second-order valence-electron chi connectivity index (χ2n) is 4.64. The number of anilines is 1. The van der Waals surface area contributed by atoms with Crippen molar-refractivity contribution < 1.29 is 4.79 Å². The molecule has 0 atom stereocenters. The predicted molar refractivity (Wildman–Crippen MR) is 82.8 cm³/mol. The lowest BCUT2D eigenvalue weighted by molar-refractivity contribution is 0.0773. The highest BCUT2D eigenvalue weighted by Gasteiger charge is 2.20. The summed E-state index contributed by atoms with van der Waals surface area (Å²) >= 11 is 1.42. The van der Waals surface area contributed by atoms with Gasteiger partial charge in [-0.25, -0.2) is 0 Å². The highest BCUT2D eigenvalue weighted by Crippen LogP contribution is 2.34. The third kappa shape index (κ3) is 2.61. The number of hydrogen-bond donors (Lipinski definition) is 1. The number of amides is 1. The topological polar surface area (TPSA) is 70.1 Å². The van der Waals surface area contributed by atoms with E-state index >= 15 is 0 Å². The van der Waals surface area contributed by atoms with Gasteiger partial charge in [-0.05, 0) is 25.5 Å². The van der Waals surface area contributed by atoms with Gasteiger partial charge in [0, 0.05) is 23.2 Å². The van der Waals surface area contributed by atoms with Crippen LogP contribution in [0.4, 0.5) is 5.69 Å². The summed E-state index contributed by atoms with van der Waals surface area (Å²) in [4.78, 5) is 14.7. The molecule has 104 valence electrons. The fraction of sp³-hybridized carbons (Fsp3) is 0.333. The van der Waals surface area contributed by atoms with Gasteiger partial charge in [0.15, 0.2) is 0 Å². The first-order valence-electron chi connectivity index (χ1n) is 6.53. The first-order chi connectivity index (χ1) is 9.58. The molecule has 1 amide bonds. The first kappa shape index (κ1) is 14.4. The Balaban J connectivity index is 2.39. The molecular formula is C15H17N3OS. The molecule has 1 aromatic heterocycles. The van der Waals surface area contributed by atoms with Crippen molar-refractivity contribution in [2.45, 2.75) is 20.3 Å². The van der Waals surface area contributed by atoms with Crippen LogP contribution in [-0.2, 0) is 0 Å². The quantitative estimate of drug-likeness (QED) is 0.939. The Morgan fingerprint density at radius 1 is 1.50 bits per heavy atom. The summed E-state index contributed by atoms with van der Waals surface area (Å²) < 4.78 is 1.03. The van der Waals surface area contributed by atoms with Crippen molar-refractivity contribution in [2.75, 3.05) is 18.8 Å². The monoisotopic (exact) mass is 287 g/mol. The standard InChI is InChI=1S/C15H17N3OS/c1-3-18(8-4-7-16)15(19)14-13(17)11-6-5-10(2)9-12(11)20-14/h5-6,9H,3-4,8,17H2,1-2H3. The molecule has 0 saturated carbocycles. The SMILES string of the molecule is CCN(CCC#N)C(=O)c1sc2cc(C)ccc2c1N. The number of nitrogens with zero attached hydrogens (tertiary/aromatic N) is 2. The van der Waals surface area contributed by atoms with E-state index in [1.807, 2.05) is 32.0 Å². The zero-order chi connectivity index (χ0) is 14.7. The molecule has 4 nitrogen and oxygen atoms in total. The number of fused-ring (bicyclic) bond motifs is 1. The van der Waals surface area contributed by atoms with Crippen molar-refractivity contribution in [3.8, 4) is 6.07 Å². The number of nitrogens with two attached hydrogens (primary N) is 1. The lowest BCUT2D eigenvalue weighted by Crippen LogP contribution is -2.31. The van der Waals surface area contributed by atoms with Crippen LogP contribution in [0.15, 0.2) is 18.2 Å². The zero-order valence-electron chi connectivity index (χ0n) is 11.6. The first-order valence-corrected chi connectivity index (χ1v) is 7.35. The molecule has 0 fully saturated rings. The lowest BCUT2D eigenvalue weighted by Gasteiger charge is -2.18. The van der Waals surface area contributed by atoms with E-state index in [0.29, 0.717) is 30.1 Å². The van der Waals surface area contributed by atoms with Crippen LogP contribution >= 0.6 is 11.3 Å². The second kappa shape index (κ2) is 5.93. The molecule has 20 heavy (non-hydrogen) atoms. The Morgan fingerprint density at radius 3 is 2.90 bits per heavy atom. The number of nitriles is 1. The Labute approximate surface area is 122 Å². The number of rotatable bonds is 4. The zero-order valence-corrected chi connectivity index (χ0v) is 12.5. The maximum atomic E-state index is 12.5. The number of nitrogen functional groups attached to an aromatic ring is 1. The molecule has 5 heteroatoms. The predicted octanol–water partition coefficient (Wildman–Crippen LogP) is 3.17. The van der Waals surface area contributed by atoms with E-state index in [9.17, 15) is 4.79 Å². The van der Waals surface area contributed by atoms with E-state index in [2.05, 4.69) is 6.07 Å². The molecule has 0 aliphatic rings. The van der Waals surface area contributed by atoms with Crippen LogP contribution < -0.4 is 5.73 Å². The summed E-state index contributed by atoms with van der Waals surface area (Å²) in [5, 5.41) is 9.58. The molecule has 0 saturated heterocycles. The molecule has 0 radical (unpaired) electrons. The van der Waals surface area contributed by atoms with Crippen LogP contribution in [0.2, 0.25) is 0 Å². The van der Waals surface area contributed by atoms with Gasteiger partial charge < -0.3 is 10.6 Å².